The molecule has 0 aromatic heterocycles. The van der Waals surface area contributed by atoms with Crippen molar-refractivity contribution in [2.75, 3.05) is 7.11 Å². The van der Waals surface area contributed by atoms with Crippen LogP contribution in [0.1, 0.15) is 6.92 Å². The van der Waals surface area contributed by atoms with Gasteiger partial charge >= 0.3 is 7.82 Å². The monoisotopic (exact) mass is 222 g/mol. The second-order valence-corrected chi connectivity index (χ2v) is 1.76. The van der Waals surface area contributed by atoms with Crippen molar-refractivity contribution in [3.05, 3.63) is 0 Å². The van der Waals surface area contributed by atoms with Crippen LogP contribution in [-0.4, -0.2) is 26.9 Å². The van der Waals surface area contributed by atoms with Crippen molar-refractivity contribution in [1.29, 1.82) is 5.26 Å². The molecule has 0 bridgehead atoms. The molecule has 0 aliphatic rings. The molecule has 0 spiro atoms. The lowest BCUT2D eigenvalue weighted by Gasteiger charge is -1.82. The summed E-state index contributed by atoms with van der Waals surface area (Å²) in [6.45, 7) is 1.43. The molecule has 13 N–H and O–H groups in total. The van der Waals surface area contributed by atoms with Gasteiger partial charge in [0, 0.05) is 14.0 Å². The van der Waals surface area contributed by atoms with Gasteiger partial charge < -0.3 is 38.2 Å². The number of aliphatic hydroxyl groups is 1. The van der Waals surface area contributed by atoms with Crippen LogP contribution in [0.25, 0.3) is 0 Å². The Hall–Kier alpha value is -0.560. The van der Waals surface area contributed by atoms with Gasteiger partial charge in [0.15, 0.2) is 0 Å². The van der Waals surface area contributed by atoms with Gasteiger partial charge in [-0.3, -0.25) is 0 Å². The number of aliphatic hydroxyl groups excluding tert-OH is 1. The first kappa shape index (κ1) is 39.3. The SMILES string of the molecule is CC#N.CO.N.N.N.O=P(O)(O)O. The summed E-state index contributed by atoms with van der Waals surface area (Å²) in [6, 6.07) is 1.75. The van der Waals surface area contributed by atoms with E-state index in [1.54, 1.807) is 6.07 Å². The maximum absolute atomic E-state index is 8.88. The molecule has 0 unspecified atom stereocenters. The van der Waals surface area contributed by atoms with Crippen molar-refractivity contribution in [2.45, 2.75) is 6.92 Å². The lowest BCUT2D eigenvalue weighted by molar-refractivity contribution is 0.275. The van der Waals surface area contributed by atoms with Crippen molar-refractivity contribution < 1.29 is 24.4 Å². The van der Waals surface area contributed by atoms with Crippen molar-refractivity contribution in [3.8, 4) is 6.07 Å². The number of hydrogen-bond acceptors (Lipinski definition) is 6. The highest BCUT2D eigenvalue weighted by molar-refractivity contribution is 7.45. The fraction of sp³-hybridized carbons (Fsp3) is 0.667. The average molecular weight is 222 g/mol. The standard InChI is InChI=1S/C2H3N.CH4O.3H3N.H3O4P/c1-2-3;1-2;;;;1-5(2,3)4/h1H3;2H,1H3;3*1H3;(H3,1,2,3,4). The van der Waals surface area contributed by atoms with Crippen molar-refractivity contribution in [1.82, 2.24) is 18.5 Å². The molecular weight excluding hydrogens is 203 g/mol. The summed E-state index contributed by atoms with van der Waals surface area (Å²) in [5.74, 6) is 0. The minimum absolute atomic E-state index is 0. The van der Waals surface area contributed by atoms with Crippen LogP contribution in [0.5, 0.6) is 0 Å². The molecule has 0 aromatic rings. The Morgan fingerprint density at radius 2 is 1.08 bits per heavy atom. The third-order valence-electron chi connectivity index (χ3n) is 0. The van der Waals surface area contributed by atoms with Gasteiger partial charge in [-0.1, -0.05) is 0 Å². The molecule has 0 saturated heterocycles. The third-order valence-corrected chi connectivity index (χ3v) is 0. The van der Waals surface area contributed by atoms with Crippen LogP contribution in [0.15, 0.2) is 0 Å². The molecule has 9 nitrogen and oxygen atoms in total. The fourth-order valence-corrected chi connectivity index (χ4v) is 0. The molecule has 0 heterocycles. The topological polar surface area (TPSA) is 227 Å². The summed E-state index contributed by atoms with van der Waals surface area (Å²) in [4.78, 5) is 21.6. The van der Waals surface area contributed by atoms with E-state index in [0.717, 1.165) is 7.11 Å². The maximum Gasteiger partial charge on any atom is 0.466 e. The average Bonchev–Trinajstić information content (AvgIpc) is 1.68. The van der Waals surface area contributed by atoms with Crippen molar-refractivity contribution >= 4 is 7.82 Å². The van der Waals surface area contributed by atoms with E-state index in [4.69, 9.17) is 29.6 Å². The van der Waals surface area contributed by atoms with E-state index in [0.29, 0.717) is 0 Å². The molecule has 0 aromatic carbocycles. The Morgan fingerprint density at radius 1 is 1.08 bits per heavy atom. The van der Waals surface area contributed by atoms with E-state index in [-0.39, 0.29) is 18.5 Å². The van der Waals surface area contributed by atoms with Gasteiger partial charge in [-0.25, -0.2) is 4.57 Å². The number of phosphoric acid groups is 1. The Bertz CT molecular complexity index is 122. The summed E-state index contributed by atoms with van der Waals surface area (Å²) >= 11 is 0. The Morgan fingerprint density at radius 3 is 1.08 bits per heavy atom. The lowest BCUT2D eigenvalue weighted by Crippen LogP contribution is -1.66. The summed E-state index contributed by atoms with van der Waals surface area (Å²) in [7, 11) is -3.64. The molecule has 0 amide bonds. The maximum atomic E-state index is 8.88. The largest absolute Gasteiger partial charge is 0.466 e. The van der Waals surface area contributed by atoms with Crippen LogP contribution in [0.2, 0.25) is 0 Å². The molecule has 0 aliphatic heterocycles. The minimum Gasteiger partial charge on any atom is -0.400 e. The van der Waals surface area contributed by atoms with E-state index in [2.05, 4.69) is 0 Å². The molecule has 0 saturated carbocycles. The lowest BCUT2D eigenvalue weighted by atomic mass is 11.0. The molecule has 0 atom stereocenters. The van der Waals surface area contributed by atoms with Gasteiger partial charge in [-0.15, -0.1) is 0 Å². The highest BCUT2D eigenvalue weighted by Gasteiger charge is 2.00. The number of nitriles is 1. The van der Waals surface area contributed by atoms with Gasteiger partial charge in [-0.2, -0.15) is 5.26 Å². The molecular formula is C3H19N4O5P. The number of nitrogens with zero attached hydrogens (tertiary/aromatic N) is 1. The first-order valence-electron chi connectivity index (χ1n) is 1.95. The van der Waals surface area contributed by atoms with Gasteiger partial charge in [-0.05, 0) is 0 Å². The second kappa shape index (κ2) is 30.1. The summed E-state index contributed by atoms with van der Waals surface area (Å²) in [5.41, 5.74) is 0. The first-order chi connectivity index (χ1) is 4.41. The van der Waals surface area contributed by atoms with E-state index in [1.165, 1.54) is 6.92 Å². The first-order valence-corrected chi connectivity index (χ1v) is 3.52. The van der Waals surface area contributed by atoms with Crippen LogP contribution in [0.4, 0.5) is 0 Å². The molecule has 10 heteroatoms. The predicted octanol–water partition coefficient (Wildman–Crippen LogP) is -0.304. The van der Waals surface area contributed by atoms with E-state index in [1.807, 2.05) is 0 Å². The highest BCUT2D eigenvalue weighted by Crippen LogP contribution is 2.25. The molecule has 0 aliphatic carbocycles. The van der Waals surface area contributed by atoms with Gasteiger partial charge in [0.1, 0.15) is 0 Å². The zero-order valence-electron chi connectivity index (χ0n) is 7.71. The van der Waals surface area contributed by atoms with Crippen LogP contribution in [0.3, 0.4) is 0 Å². The van der Waals surface area contributed by atoms with Crippen LogP contribution >= 0.6 is 7.82 Å². The molecule has 86 valence electrons. The van der Waals surface area contributed by atoms with Crippen LogP contribution in [-0.2, 0) is 4.57 Å². The normalized spacial score (nSPS) is 5.62. The van der Waals surface area contributed by atoms with Crippen molar-refractivity contribution in [2.24, 2.45) is 0 Å². The molecule has 0 rings (SSSR count). The number of hydrogen-bond donors (Lipinski definition) is 7. The van der Waals surface area contributed by atoms with Gasteiger partial charge in [0.25, 0.3) is 0 Å². The summed E-state index contributed by atoms with van der Waals surface area (Å²) in [5, 5.41) is 14.3. The Balaban J connectivity index is -0.0000000138. The third kappa shape index (κ3) is 3250. The summed E-state index contributed by atoms with van der Waals surface area (Å²) in [6.07, 6.45) is 0. The van der Waals surface area contributed by atoms with Crippen LogP contribution in [0, 0.1) is 11.3 Å². The van der Waals surface area contributed by atoms with Gasteiger partial charge in [0.05, 0.1) is 6.07 Å². The Labute approximate surface area is 77.0 Å². The molecule has 0 fully saturated rings. The minimum atomic E-state index is -4.64. The highest BCUT2D eigenvalue weighted by atomic mass is 31.2. The second-order valence-electron chi connectivity index (χ2n) is 0.737. The zero-order chi connectivity index (χ0) is 9.21. The molecule has 13 heavy (non-hydrogen) atoms. The fourth-order valence-electron chi connectivity index (χ4n) is 0. The quantitative estimate of drug-likeness (QED) is 0.266. The zero-order valence-corrected chi connectivity index (χ0v) is 8.61. The number of rotatable bonds is 0. The smallest absolute Gasteiger partial charge is 0.400 e. The van der Waals surface area contributed by atoms with E-state index < -0.39 is 7.82 Å². The van der Waals surface area contributed by atoms with Crippen LogP contribution < -0.4 is 18.5 Å². The van der Waals surface area contributed by atoms with Crippen molar-refractivity contribution in [3.63, 3.8) is 0 Å². The predicted molar refractivity (Wildman–Crippen MR) is 48.8 cm³/mol. The van der Waals surface area contributed by atoms with Gasteiger partial charge in [0.2, 0.25) is 0 Å². The van der Waals surface area contributed by atoms with E-state index >= 15 is 0 Å². The molecule has 0 radical (unpaired) electrons. The summed E-state index contributed by atoms with van der Waals surface area (Å²) < 4.78 is 8.88. The Kier molecular flexibility index (Phi) is 90.8. The van der Waals surface area contributed by atoms with E-state index in [9.17, 15) is 0 Å².